The first-order valence-electron chi connectivity index (χ1n) is 9.55. The molecule has 2 aromatic carbocycles. The third-order valence-corrected chi connectivity index (χ3v) is 5.71. The van der Waals surface area contributed by atoms with Crippen LogP contribution in [0, 0.1) is 0 Å². The number of hydrogen-bond acceptors (Lipinski definition) is 4. The first-order valence-corrected chi connectivity index (χ1v) is 11.1. The molecule has 0 bridgehead atoms. The number of nitrogens with one attached hydrogen (secondary N) is 2. The van der Waals surface area contributed by atoms with Crippen LogP contribution in [-0.4, -0.2) is 33.6 Å². The van der Waals surface area contributed by atoms with Crippen LogP contribution in [0.1, 0.15) is 5.56 Å². The van der Waals surface area contributed by atoms with Gasteiger partial charge >= 0.3 is 0 Å². The van der Waals surface area contributed by atoms with Crippen molar-refractivity contribution in [1.29, 1.82) is 0 Å². The Morgan fingerprint density at radius 2 is 1.90 bits per heavy atom. The van der Waals surface area contributed by atoms with Crippen LogP contribution in [0.4, 0.5) is 5.82 Å². The molecule has 0 spiro atoms. The number of aromatic nitrogens is 3. The molecule has 1 amide bonds. The average molecular weight is 519 g/mol. The van der Waals surface area contributed by atoms with E-state index in [2.05, 4.69) is 36.6 Å². The third-order valence-electron chi connectivity index (χ3n) is 4.59. The van der Waals surface area contributed by atoms with Crippen LogP contribution in [0.3, 0.4) is 0 Å². The zero-order chi connectivity index (χ0) is 21.8. The van der Waals surface area contributed by atoms with Crippen molar-refractivity contribution >= 4 is 56.5 Å². The topological polar surface area (TPSA) is 71.3 Å². The van der Waals surface area contributed by atoms with Crippen molar-refractivity contribution in [2.75, 3.05) is 18.4 Å². The minimum atomic E-state index is -0.0671. The number of carbonyl (C=O) groups is 1. The molecule has 0 saturated carbocycles. The van der Waals surface area contributed by atoms with Crippen LogP contribution in [0.25, 0.3) is 16.9 Å². The molecule has 0 unspecified atom stereocenters. The van der Waals surface area contributed by atoms with Crippen LogP contribution in [0.5, 0.6) is 0 Å². The second-order valence-electron chi connectivity index (χ2n) is 6.82. The van der Waals surface area contributed by atoms with Crippen molar-refractivity contribution in [2.24, 2.45) is 0 Å². The van der Waals surface area contributed by atoms with E-state index in [1.54, 1.807) is 22.8 Å². The van der Waals surface area contributed by atoms with E-state index in [0.717, 1.165) is 27.1 Å². The number of hydrogen-bond donors (Lipinski definition) is 2. The molecule has 6 nitrogen and oxygen atoms in total. The van der Waals surface area contributed by atoms with E-state index in [1.165, 1.54) is 0 Å². The zero-order valence-electron chi connectivity index (χ0n) is 16.3. The van der Waals surface area contributed by atoms with Crippen LogP contribution >= 0.6 is 39.1 Å². The largest absolute Gasteiger partial charge is 0.368 e. The molecule has 9 heteroatoms. The van der Waals surface area contributed by atoms with Gasteiger partial charge in [0.25, 0.3) is 0 Å². The molecule has 2 aromatic heterocycles. The number of carbonyl (C=O) groups excluding carboxylic acids is 1. The predicted molar refractivity (Wildman–Crippen MR) is 128 cm³/mol. The number of nitrogens with zero attached hydrogens (tertiary/aromatic N) is 3. The van der Waals surface area contributed by atoms with Gasteiger partial charge in [-0.1, -0.05) is 53.5 Å². The van der Waals surface area contributed by atoms with E-state index < -0.39 is 0 Å². The number of anilines is 1. The van der Waals surface area contributed by atoms with Gasteiger partial charge < -0.3 is 10.6 Å². The molecule has 4 rings (SSSR count). The van der Waals surface area contributed by atoms with E-state index in [-0.39, 0.29) is 12.3 Å². The summed E-state index contributed by atoms with van der Waals surface area (Å²) in [6.45, 7) is 0.965. The number of rotatable bonds is 7. The number of halogens is 3. The number of benzene rings is 2. The highest BCUT2D eigenvalue weighted by Crippen LogP contribution is 2.30. The Morgan fingerprint density at radius 1 is 1.06 bits per heavy atom. The van der Waals surface area contributed by atoms with Crippen molar-refractivity contribution in [3.05, 3.63) is 80.9 Å². The van der Waals surface area contributed by atoms with Crippen molar-refractivity contribution in [3.63, 3.8) is 0 Å². The lowest BCUT2D eigenvalue weighted by Crippen LogP contribution is -2.30. The van der Waals surface area contributed by atoms with Crippen LogP contribution in [0.2, 0.25) is 10.0 Å². The van der Waals surface area contributed by atoms with Crippen molar-refractivity contribution < 1.29 is 4.79 Å². The Kier molecular flexibility index (Phi) is 6.75. The molecule has 2 heterocycles. The Balaban J connectivity index is 1.44. The van der Waals surface area contributed by atoms with Crippen LogP contribution in [0.15, 0.2) is 65.3 Å². The summed E-state index contributed by atoms with van der Waals surface area (Å²) in [5, 5.41) is 11.8. The normalized spacial score (nSPS) is 10.9. The van der Waals surface area contributed by atoms with Gasteiger partial charge in [0.15, 0.2) is 5.65 Å². The quantitative estimate of drug-likeness (QED) is 0.328. The highest BCUT2D eigenvalue weighted by Gasteiger charge is 2.13. The second kappa shape index (κ2) is 9.68. The second-order valence-corrected chi connectivity index (χ2v) is 8.52. The maximum absolute atomic E-state index is 12.2. The van der Waals surface area contributed by atoms with E-state index in [1.807, 2.05) is 42.5 Å². The monoisotopic (exact) mass is 517 g/mol. The van der Waals surface area contributed by atoms with Crippen LogP contribution < -0.4 is 10.6 Å². The lowest BCUT2D eigenvalue weighted by atomic mass is 10.1. The number of fused-ring (bicyclic) bond motifs is 1. The van der Waals surface area contributed by atoms with Gasteiger partial charge in [-0.15, -0.1) is 0 Å². The fourth-order valence-corrected chi connectivity index (χ4v) is 3.95. The summed E-state index contributed by atoms with van der Waals surface area (Å²) in [4.78, 5) is 16.9. The first kappa shape index (κ1) is 21.6. The highest BCUT2D eigenvalue weighted by atomic mass is 79.9. The molecular weight excluding hydrogens is 501 g/mol. The molecule has 0 radical (unpaired) electrons. The molecule has 158 valence electrons. The van der Waals surface area contributed by atoms with Crippen molar-refractivity contribution in [1.82, 2.24) is 19.9 Å². The van der Waals surface area contributed by atoms with Crippen molar-refractivity contribution in [2.45, 2.75) is 6.42 Å². The predicted octanol–water partition coefficient (Wildman–Crippen LogP) is 5.24. The van der Waals surface area contributed by atoms with Gasteiger partial charge in [0.2, 0.25) is 5.91 Å². The molecule has 4 aromatic rings. The molecule has 0 atom stereocenters. The summed E-state index contributed by atoms with van der Waals surface area (Å²) in [7, 11) is 0. The molecule has 31 heavy (non-hydrogen) atoms. The van der Waals surface area contributed by atoms with Gasteiger partial charge in [0.05, 0.1) is 22.8 Å². The smallest absolute Gasteiger partial charge is 0.224 e. The van der Waals surface area contributed by atoms with Gasteiger partial charge in [-0.05, 0) is 39.7 Å². The maximum atomic E-state index is 12.2. The summed E-state index contributed by atoms with van der Waals surface area (Å²) >= 11 is 15.8. The molecule has 2 N–H and O–H groups in total. The Hall–Kier alpha value is -2.61. The first-order chi connectivity index (χ1) is 15.0. The lowest BCUT2D eigenvalue weighted by Gasteiger charge is -2.12. The summed E-state index contributed by atoms with van der Waals surface area (Å²) in [6, 6.07) is 16.7. The highest BCUT2D eigenvalue weighted by molar-refractivity contribution is 9.10. The lowest BCUT2D eigenvalue weighted by molar-refractivity contribution is -0.120. The Morgan fingerprint density at radius 3 is 2.71 bits per heavy atom. The molecule has 0 aliphatic rings. The van der Waals surface area contributed by atoms with Gasteiger partial charge in [0.1, 0.15) is 5.82 Å². The molecule has 0 saturated heterocycles. The van der Waals surface area contributed by atoms with Gasteiger partial charge in [0, 0.05) is 34.8 Å². The minimum absolute atomic E-state index is 0.0671. The summed E-state index contributed by atoms with van der Waals surface area (Å²) in [5.41, 5.74) is 3.11. The fourth-order valence-electron chi connectivity index (χ4n) is 3.16. The van der Waals surface area contributed by atoms with Crippen molar-refractivity contribution in [3.8, 4) is 11.3 Å². The SMILES string of the molecule is O=C(Cc1cccc(Cl)c1)NCCNc1cc(-c2ccccc2Cl)nc2c(Br)cnn12. The van der Waals surface area contributed by atoms with Gasteiger partial charge in [-0.2, -0.15) is 9.61 Å². The van der Waals surface area contributed by atoms with E-state index >= 15 is 0 Å². The molecule has 0 aliphatic heterocycles. The Labute approximate surface area is 197 Å². The average Bonchev–Trinajstić information content (AvgIpc) is 3.12. The van der Waals surface area contributed by atoms with Gasteiger partial charge in [-0.25, -0.2) is 4.98 Å². The molecular formula is C22H18BrCl2N5O. The minimum Gasteiger partial charge on any atom is -0.368 e. The maximum Gasteiger partial charge on any atom is 0.224 e. The van der Waals surface area contributed by atoms with E-state index in [4.69, 9.17) is 23.2 Å². The zero-order valence-corrected chi connectivity index (χ0v) is 19.4. The molecule has 0 aliphatic carbocycles. The fraction of sp³-hybridized carbons (Fsp3) is 0.136. The standard InChI is InChI=1S/C22H18BrCl2N5O/c23-17-13-28-30-20(12-19(29-22(17)30)16-6-1-2-7-18(16)25)26-8-9-27-21(31)11-14-4-3-5-15(24)10-14/h1-7,10,12-13,26H,8-9,11H2,(H,27,31). The summed E-state index contributed by atoms with van der Waals surface area (Å²) < 4.78 is 2.48. The Bertz CT molecular complexity index is 1240. The van der Waals surface area contributed by atoms with E-state index in [0.29, 0.717) is 28.8 Å². The molecule has 0 fully saturated rings. The van der Waals surface area contributed by atoms with Crippen LogP contribution in [-0.2, 0) is 11.2 Å². The summed E-state index contributed by atoms with van der Waals surface area (Å²) in [6.07, 6.45) is 1.97. The van der Waals surface area contributed by atoms with E-state index in [9.17, 15) is 4.79 Å². The summed E-state index contributed by atoms with van der Waals surface area (Å²) in [5.74, 6) is 0.678. The number of amides is 1. The van der Waals surface area contributed by atoms with Gasteiger partial charge in [-0.3, -0.25) is 4.79 Å². The third kappa shape index (κ3) is 5.18.